The van der Waals surface area contributed by atoms with Gasteiger partial charge in [-0.2, -0.15) is 0 Å². The molecule has 0 saturated heterocycles. The lowest BCUT2D eigenvalue weighted by Crippen LogP contribution is -1.97. The van der Waals surface area contributed by atoms with Crippen molar-refractivity contribution >= 4 is 65.7 Å². The first-order valence-corrected chi connectivity index (χ1v) is 15.5. The van der Waals surface area contributed by atoms with Crippen molar-refractivity contribution in [2.24, 2.45) is 0 Å². The summed E-state index contributed by atoms with van der Waals surface area (Å²) in [6, 6.07) is 41.7. The third-order valence-corrected chi connectivity index (χ3v) is 8.98. The van der Waals surface area contributed by atoms with Crippen molar-refractivity contribution in [3.63, 3.8) is 0 Å². The van der Waals surface area contributed by atoms with Gasteiger partial charge in [0.15, 0.2) is 0 Å². The average molecular weight is 593 g/mol. The predicted octanol–water partition coefficient (Wildman–Crippen LogP) is 11.7. The fraction of sp³-hybridized carbons (Fsp3) is 0.0233. The SMILES string of the molecule is C=C/C=C(\C=C)C(=C)O/C(=C\C)c1ccc(-n2c3ccccc3c3cc4c(cc32)cc2c3ccccc3c3ccccc3n42)cc1. The smallest absolute Gasteiger partial charge is 0.130 e. The fourth-order valence-electron chi connectivity index (χ4n) is 6.90. The maximum atomic E-state index is 6.17. The van der Waals surface area contributed by atoms with E-state index >= 15 is 0 Å². The Hall–Kier alpha value is -6.06. The molecule has 0 fully saturated rings. The number of fused-ring (bicyclic) bond motifs is 11. The molecule has 0 radical (unpaired) electrons. The first-order chi connectivity index (χ1) is 22.6. The molecule has 0 aliphatic rings. The van der Waals surface area contributed by atoms with Gasteiger partial charge in [0.25, 0.3) is 0 Å². The van der Waals surface area contributed by atoms with Crippen LogP contribution in [0.25, 0.3) is 71.3 Å². The van der Waals surface area contributed by atoms with Gasteiger partial charge in [-0.25, -0.2) is 0 Å². The summed E-state index contributed by atoms with van der Waals surface area (Å²) in [6.07, 6.45) is 7.22. The Kier molecular flexibility index (Phi) is 6.47. The van der Waals surface area contributed by atoms with Gasteiger partial charge in [-0.3, -0.25) is 0 Å². The molecule has 5 aromatic carbocycles. The molecule has 0 spiro atoms. The number of rotatable bonds is 7. The summed E-state index contributed by atoms with van der Waals surface area (Å²) in [5, 5.41) is 7.46. The number of aromatic nitrogens is 2. The zero-order chi connectivity index (χ0) is 31.4. The summed E-state index contributed by atoms with van der Waals surface area (Å²) in [5.74, 6) is 1.26. The van der Waals surface area contributed by atoms with E-state index in [1.165, 1.54) is 59.9 Å². The van der Waals surface area contributed by atoms with E-state index in [2.05, 4.69) is 144 Å². The molecule has 0 atom stereocenters. The van der Waals surface area contributed by atoms with E-state index in [9.17, 15) is 0 Å². The molecule has 3 heteroatoms. The van der Waals surface area contributed by atoms with E-state index in [-0.39, 0.29) is 0 Å². The van der Waals surface area contributed by atoms with Gasteiger partial charge < -0.3 is 13.7 Å². The third-order valence-electron chi connectivity index (χ3n) is 8.98. The van der Waals surface area contributed by atoms with Crippen molar-refractivity contribution in [2.75, 3.05) is 0 Å². The van der Waals surface area contributed by atoms with Crippen LogP contribution in [0, 0.1) is 0 Å². The molecule has 46 heavy (non-hydrogen) atoms. The largest absolute Gasteiger partial charge is 0.457 e. The average Bonchev–Trinajstić information content (AvgIpc) is 3.64. The van der Waals surface area contributed by atoms with Gasteiger partial charge in [0.1, 0.15) is 11.5 Å². The molecule has 0 saturated carbocycles. The highest BCUT2D eigenvalue weighted by Gasteiger charge is 2.17. The van der Waals surface area contributed by atoms with Crippen LogP contribution in [0.3, 0.4) is 0 Å². The molecule has 0 N–H and O–H groups in total. The molecule has 3 aromatic heterocycles. The summed E-state index contributed by atoms with van der Waals surface area (Å²) in [7, 11) is 0. The number of nitrogens with zero attached hydrogens (tertiary/aromatic N) is 2. The van der Waals surface area contributed by atoms with Gasteiger partial charge in [0, 0.05) is 43.8 Å². The predicted molar refractivity (Wildman–Crippen MR) is 197 cm³/mol. The minimum Gasteiger partial charge on any atom is -0.457 e. The third kappa shape index (κ3) is 4.13. The van der Waals surface area contributed by atoms with Gasteiger partial charge in [0.05, 0.1) is 27.6 Å². The number of allylic oxidation sites excluding steroid dienone is 4. The van der Waals surface area contributed by atoms with Gasteiger partial charge in [-0.1, -0.05) is 98.6 Å². The number of pyridine rings is 1. The van der Waals surface area contributed by atoms with E-state index in [0.29, 0.717) is 5.76 Å². The molecule has 3 heterocycles. The normalized spacial score (nSPS) is 12.5. The molecule has 0 bridgehead atoms. The summed E-state index contributed by atoms with van der Waals surface area (Å²) >= 11 is 0. The lowest BCUT2D eigenvalue weighted by atomic mass is 10.1. The fourth-order valence-corrected chi connectivity index (χ4v) is 6.90. The second kappa shape index (κ2) is 10.8. The van der Waals surface area contributed by atoms with Gasteiger partial charge in [-0.15, -0.1) is 0 Å². The number of benzene rings is 5. The van der Waals surface area contributed by atoms with E-state index in [1.807, 2.05) is 19.1 Å². The van der Waals surface area contributed by atoms with Crippen molar-refractivity contribution < 1.29 is 4.74 Å². The molecule has 0 amide bonds. The quantitative estimate of drug-likeness (QED) is 0.102. The highest BCUT2D eigenvalue weighted by atomic mass is 16.5. The molecule has 0 unspecified atom stereocenters. The van der Waals surface area contributed by atoms with Crippen LogP contribution in [0.1, 0.15) is 12.5 Å². The van der Waals surface area contributed by atoms with Crippen LogP contribution in [-0.2, 0) is 4.74 Å². The second-order valence-electron chi connectivity index (χ2n) is 11.5. The lowest BCUT2D eigenvalue weighted by Gasteiger charge is -2.14. The lowest BCUT2D eigenvalue weighted by molar-refractivity contribution is 0.397. The molecule has 0 aliphatic carbocycles. The highest BCUT2D eigenvalue weighted by molar-refractivity contribution is 6.18. The van der Waals surface area contributed by atoms with E-state index < -0.39 is 0 Å². The Balaban J connectivity index is 1.32. The Bertz CT molecular complexity index is 2600. The van der Waals surface area contributed by atoms with Crippen LogP contribution in [0.5, 0.6) is 0 Å². The molecule has 8 rings (SSSR count). The topological polar surface area (TPSA) is 18.6 Å². The first-order valence-electron chi connectivity index (χ1n) is 15.5. The van der Waals surface area contributed by atoms with Gasteiger partial charge in [0.2, 0.25) is 0 Å². The minimum absolute atomic E-state index is 0.527. The molecular formula is C43H32N2O. The Labute approximate surface area is 267 Å². The Morgan fingerprint density at radius 2 is 1.24 bits per heavy atom. The van der Waals surface area contributed by atoms with Crippen molar-refractivity contribution in [1.82, 2.24) is 8.97 Å². The monoisotopic (exact) mass is 592 g/mol. The maximum Gasteiger partial charge on any atom is 0.130 e. The summed E-state index contributed by atoms with van der Waals surface area (Å²) in [6.45, 7) is 13.7. The number of para-hydroxylation sites is 2. The van der Waals surface area contributed by atoms with Crippen LogP contribution in [0.4, 0.5) is 0 Å². The molecule has 0 aliphatic heterocycles. The first kappa shape index (κ1) is 27.5. The van der Waals surface area contributed by atoms with Crippen LogP contribution in [0.2, 0.25) is 0 Å². The number of hydrogen-bond acceptors (Lipinski definition) is 1. The minimum atomic E-state index is 0.527. The van der Waals surface area contributed by atoms with Crippen LogP contribution >= 0.6 is 0 Å². The molecule has 8 aromatic rings. The molecule has 220 valence electrons. The second-order valence-corrected chi connectivity index (χ2v) is 11.5. The molecular weight excluding hydrogens is 560 g/mol. The Morgan fingerprint density at radius 3 is 1.91 bits per heavy atom. The van der Waals surface area contributed by atoms with Crippen molar-refractivity contribution in [2.45, 2.75) is 6.92 Å². The van der Waals surface area contributed by atoms with E-state index in [4.69, 9.17) is 4.74 Å². The van der Waals surface area contributed by atoms with Crippen LogP contribution in [0.15, 0.2) is 171 Å². The van der Waals surface area contributed by atoms with E-state index in [1.54, 1.807) is 12.2 Å². The maximum absolute atomic E-state index is 6.17. The zero-order valence-electron chi connectivity index (χ0n) is 25.7. The summed E-state index contributed by atoms with van der Waals surface area (Å²) < 4.78 is 11.0. The van der Waals surface area contributed by atoms with Crippen LogP contribution in [-0.4, -0.2) is 8.97 Å². The number of hydrogen-bond donors (Lipinski definition) is 0. The van der Waals surface area contributed by atoms with Crippen molar-refractivity contribution in [3.8, 4) is 5.69 Å². The molecule has 3 nitrogen and oxygen atoms in total. The summed E-state index contributed by atoms with van der Waals surface area (Å²) in [4.78, 5) is 0. The standard InChI is InChI=1S/C43H32N2O/c1-5-14-29(6-2)28(4)46-43(7-3)30-21-23-32(24-22-30)44-38-19-12-11-18-36(38)37-27-40-31(26-42(37)44)25-41-35-17-9-8-15-33(35)34-16-10-13-20-39(34)45(40)41/h5-27H,1-2,4H2,3H3/b29-14+,43-7-. The summed E-state index contributed by atoms with van der Waals surface area (Å²) in [5.41, 5.74) is 8.84. The number of ether oxygens (including phenoxy) is 1. The Morgan fingerprint density at radius 1 is 0.630 bits per heavy atom. The van der Waals surface area contributed by atoms with Crippen LogP contribution < -0.4 is 0 Å². The highest BCUT2D eigenvalue weighted by Crippen LogP contribution is 2.39. The van der Waals surface area contributed by atoms with E-state index in [0.717, 1.165) is 22.6 Å². The van der Waals surface area contributed by atoms with Crippen molar-refractivity contribution in [3.05, 3.63) is 176 Å². The van der Waals surface area contributed by atoms with Gasteiger partial charge in [-0.05, 0) is 73.0 Å². The van der Waals surface area contributed by atoms with Crippen molar-refractivity contribution in [1.29, 1.82) is 0 Å². The zero-order valence-corrected chi connectivity index (χ0v) is 25.7. The van der Waals surface area contributed by atoms with Gasteiger partial charge >= 0.3 is 0 Å².